The van der Waals surface area contributed by atoms with Crippen LogP contribution in [-0.2, 0) is 22.6 Å². The number of nitrogens with one attached hydrogen (secondary N) is 2. The average Bonchev–Trinajstić information content (AvgIpc) is 2.89. The first-order valence-electron chi connectivity index (χ1n) is 6.50. The van der Waals surface area contributed by atoms with Crippen LogP contribution in [0.25, 0.3) is 11.2 Å². The third-order valence-electron chi connectivity index (χ3n) is 3.06. The predicted octanol–water partition coefficient (Wildman–Crippen LogP) is 0.986. The first-order valence-corrected chi connectivity index (χ1v) is 6.90. The number of methoxy groups -OCH3 is 1. The summed E-state index contributed by atoms with van der Waals surface area (Å²) in [4.78, 5) is 15.0. The number of ether oxygens (including phenoxy) is 1. The first-order chi connectivity index (χ1) is 9.58. The molecule has 0 bridgehead atoms. The zero-order valence-electron chi connectivity index (χ0n) is 11.9. The minimum atomic E-state index is -0.0967. The van der Waals surface area contributed by atoms with Crippen LogP contribution in [0, 0.1) is 11.7 Å². The van der Waals surface area contributed by atoms with E-state index < -0.39 is 0 Å². The largest absolute Gasteiger partial charge is 0.383 e. The fraction of sp³-hybridized carbons (Fsp3) is 0.583. The maximum atomic E-state index is 11.9. The lowest BCUT2D eigenvalue weighted by Crippen LogP contribution is -2.30. The number of imidazole rings is 1. The summed E-state index contributed by atoms with van der Waals surface area (Å²) >= 11 is 5.29. The van der Waals surface area contributed by atoms with Gasteiger partial charge in [0.05, 0.1) is 12.3 Å². The van der Waals surface area contributed by atoms with Crippen LogP contribution in [0.2, 0.25) is 0 Å². The monoisotopic (exact) mass is 297 g/mol. The molecule has 0 saturated carbocycles. The number of aromatic amines is 1. The number of H-pyrrole nitrogens is 1. The Bertz CT molecular complexity index is 669. The van der Waals surface area contributed by atoms with Crippen molar-refractivity contribution in [3.8, 4) is 0 Å². The van der Waals surface area contributed by atoms with E-state index in [9.17, 15) is 4.79 Å². The van der Waals surface area contributed by atoms with Gasteiger partial charge in [-0.25, -0.2) is 4.68 Å². The second-order valence-electron chi connectivity index (χ2n) is 4.46. The highest BCUT2D eigenvalue weighted by Crippen LogP contribution is 2.17. The van der Waals surface area contributed by atoms with Crippen molar-refractivity contribution >= 4 is 29.3 Å². The number of amides is 1. The molecule has 2 N–H and O–H groups in total. The molecule has 20 heavy (non-hydrogen) atoms. The fourth-order valence-electron chi connectivity index (χ4n) is 2.12. The van der Waals surface area contributed by atoms with E-state index in [0.717, 1.165) is 23.4 Å². The van der Waals surface area contributed by atoms with E-state index in [2.05, 4.69) is 15.4 Å². The maximum Gasteiger partial charge on any atom is 0.240 e. The van der Waals surface area contributed by atoms with Crippen molar-refractivity contribution in [1.82, 2.24) is 24.6 Å². The number of rotatable bonds is 6. The number of aryl methyl sites for hydroxylation is 2. The summed E-state index contributed by atoms with van der Waals surface area (Å²) in [6.07, 6.45) is 0. The highest BCUT2D eigenvalue weighted by Gasteiger charge is 2.15. The Labute approximate surface area is 121 Å². The number of fused-ring (bicyclic) bond motifs is 1. The lowest BCUT2D eigenvalue weighted by molar-refractivity contribution is -0.121. The zero-order valence-corrected chi connectivity index (χ0v) is 12.7. The molecule has 1 amide bonds. The van der Waals surface area contributed by atoms with Gasteiger partial charge in [-0.15, -0.1) is 0 Å². The van der Waals surface area contributed by atoms with Gasteiger partial charge in [0.1, 0.15) is 12.1 Å². The summed E-state index contributed by atoms with van der Waals surface area (Å²) in [5.41, 5.74) is 2.63. The Kier molecular flexibility index (Phi) is 4.56. The van der Waals surface area contributed by atoms with Crippen molar-refractivity contribution in [3.05, 3.63) is 10.5 Å². The summed E-state index contributed by atoms with van der Waals surface area (Å²) in [5.74, 6) is -0.0967. The normalized spacial score (nSPS) is 11.2. The van der Waals surface area contributed by atoms with Gasteiger partial charge in [0.2, 0.25) is 5.91 Å². The van der Waals surface area contributed by atoms with Crippen LogP contribution in [0.1, 0.15) is 12.6 Å². The van der Waals surface area contributed by atoms with Crippen molar-refractivity contribution in [1.29, 1.82) is 0 Å². The number of hydrogen-bond donors (Lipinski definition) is 2. The summed E-state index contributed by atoms with van der Waals surface area (Å²) in [6, 6.07) is 0. The Hall–Kier alpha value is -1.67. The molecular weight excluding hydrogens is 278 g/mol. The van der Waals surface area contributed by atoms with Gasteiger partial charge in [0, 0.05) is 20.2 Å². The second kappa shape index (κ2) is 6.19. The Morgan fingerprint density at radius 3 is 2.95 bits per heavy atom. The quantitative estimate of drug-likeness (QED) is 0.616. The van der Waals surface area contributed by atoms with E-state index in [4.69, 9.17) is 17.0 Å². The summed E-state index contributed by atoms with van der Waals surface area (Å²) < 4.78 is 9.05. The third kappa shape index (κ3) is 2.75. The third-order valence-corrected chi connectivity index (χ3v) is 3.39. The highest BCUT2D eigenvalue weighted by atomic mass is 32.1. The van der Waals surface area contributed by atoms with Crippen LogP contribution >= 0.6 is 12.2 Å². The molecule has 2 aromatic heterocycles. The molecular formula is C12H19N5O2S. The molecule has 0 unspecified atom stereocenters. The van der Waals surface area contributed by atoms with Crippen molar-refractivity contribution in [2.24, 2.45) is 0 Å². The van der Waals surface area contributed by atoms with Crippen molar-refractivity contribution in [3.63, 3.8) is 0 Å². The van der Waals surface area contributed by atoms with Crippen molar-refractivity contribution in [2.45, 2.75) is 26.9 Å². The SMILES string of the molecule is CCn1nc(C)c2[nH]c(=S)n(CC(=O)NCCOC)c21. The van der Waals surface area contributed by atoms with Gasteiger partial charge in [-0.1, -0.05) is 0 Å². The van der Waals surface area contributed by atoms with Gasteiger partial charge in [0.25, 0.3) is 0 Å². The molecule has 0 aromatic carbocycles. The minimum absolute atomic E-state index is 0.0967. The molecule has 2 heterocycles. The number of aromatic nitrogens is 4. The van der Waals surface area contributed by atoms with E-state index in [0.29, 0.717) is 17.9 Å². The summed E-state index contributed by atoms with van der Waals surface area (Å²) in [7, 11) is 1.60. The van der Waals surface area contributed by atoms with Crippen molar-refractivity contribution < 1.29 is 9.53 Å². The van der Waals surface area contributed by atoms with Crippen LogP contribution in [-0.4, -0.2) is 45.5 Å². The van der Waals surface area contributed by atoms with E-state index in [-0.39, 0.29) is 12.5 Å². The predicted molar refractivity (Wildman–Crippen MR) is 78.2 cm³/mol. The molecule has 2 rings (SSSR count). The fourth-order valence-corrected chi connectivity index (χ4v) is 2.37. The van der Waals surface area contributed by atoms with Crippen molar-refractivity contribution in [2.75, 3.05) is 20.3 Å². The van der Waals surface area contributed by atoms with Gasteiger partial charge < -0.3 is 15.0 Å². The summed E-state index contributed by atoms with van der Waals surface area (Å²) in [5, 5.41) is 7.20. The van der Waals surface area contributed by atoms with Crippen LogP contribution in [0.3, 0.4) is 0 Å². The Morgan fingerprint density at radius 2 is 2.30 bits per heavy atom. The molecule has 0 fully saturated rings. The molecule has 0 spiro atoms. The van der Waals surface area contributed by atoms with E-state index in [1.165, 1.54) is 0 Å². The molecule has 2 aromatic rings. The minimum Gasteiger partial charge on any atom is -0.383 e. The molecule has 7 nitrogen and oxygen atoms in total. The number of carbonyl (C=O) groups is 1. The van der Waals surface area contributed by atoms with E-state index in [1.54, 1.807) is 11.7 Å². The molecule has 0 aliphatic carbocycles. The topological polar surface area (TPSA) is 76.9 Å². The maximum absolute atomic E-state index is 11.9. The van der Waals surface area contributed by atoms with Gasteiger partial charge in [0.15, 0.2) is 10.4 Å². The highest BCUT2D eigenvalue weighted by molar-refractivity contribution is 7.71. The molecule has 110 valence electrons. The molecule has 0 saturated heterocycles. The Balaban J connectivity index is 2.27. The molecule has 8 heteroatoms. The van der Waals surface area contributed by atoms with Gasteiger partial charge in [-0.3, -0.25) is 9.36 Å². The van der Waals surface area contributed by atoms with E-state index >= 15 is 0 Å². The van der Waals surface area contributed by atoms with Gasteiger partial charge >= 0.3 is 0 Å². The standard InChI is InChI=1S/C12H19N5O2S/c1-4-17-11-10(8(2)15-17)14-12(20)16(11)7-9(18)13-5-6-19-3/h4-7H2,1-3H3,(H,13,18)(H,14,20). The molecule has 0 aliphatic heterocycles. The first kappa shape index (κ1) is 14.7. The number of hydrogen-bond acceptors (Lipinski definition) is 4. The number of carbonyl (C=O) groups excluding carboxylic acids is 1. The van der Waals surface area contributed by atoms with Gasteiger partial charge in [-0.2, -0.15) is 5.10 Å². The second-order valence-corrected chi connectivity index (χ2v) is 4.85. The average molecular weight is 297 g/mol. The van der Waals surface area contributed by atoms with Crippen LogP contribution < -0.4 is 5.32 Å². The molecule has 0 radical (unpaired) electrons. The zero-order chi connectivity index (χ0) is 14.7. The van der Waals surface area contributed by atoms with Gasteiger partial charge in [-0.05, 0) is 26.1 Å². The molecule has 0 aliphatic rings. The van der Waals surface area contributed by atoms with E-state index in [1.807, 2.05) is 18.5 Å². The lowest BCUT2D eigenvalue weighted by atomic mass is 10.4. The van der Waals surface area contributed by atoms with Crippen LogP contribution in [0.15, 0.2) is 0 Å². The smallest absolute Gasteiger partial charge is 0.240 e. The Morgan fingerprint density at radius 1 is 1.55 bits per heavy atom. The summed E-state index contributed by atoms with van der Waals surface area (Å²) in [6.45, 7) is 5.80. The molecule has 0 atom stereocenters. The lowest BCUT2D eigenvalue weighted by Gasteiger charge is -2.07. The number of nitrogens with zero attached hydrogens (tertiary/aromatic N) is 3. The van der Waals surface area contributed by atoms with Crippen LogP contribution in [0.4, 0.5) is 0 Å². The van der Waals surface area contributed by atoms with Crippen LogP contribution in [0.5, 0.6) is 0 Å².